The highest BCUT2D eigenvalue weighted by molar-refractivity contribution is 5.86. The van der Waals surface area contributed by atoms with Gasteiger partial charge in [-0.05, 0) is 31.5 Å². The van der Waals surface area contributed by atoms with Gasteiger partial charge < -0.3 is 10.2 Å². The van der Waals surface area contributed by atoms with Crippen molar-refractivity contribution in [2.24, 2.45) is 0 Å². The highest BCUT2D eigenvalue weighted by atomic mass is 16.2. The summed E-state index contributed by atoms with van der Waals surface area (Å²) in [5, 5.41) is 12.4. The number of hydrogen-bond acceptors (Lipinski definition) is 4. The first-order valence-electron chi connectivity index (χ1n) is 7.66. The van der Waals surface area contributed by atoms with Crippen LogP contribution in [0.25, 0.3) is 0 Å². The fraction of sp³-hybridized carbons (Fsp3) is 0.278. The van der Waals surface area contributed by atoms with E-state index in [4.69, 9.17) is 0 Å². The van der Waals surface area contributed by atoms with E-state index in [1.807, 2.05) is 44.2 Å². The SMILES string of the molecule is CCN(CC)C(=O)C(Nc1ncccc1C#N)c1ccccc1. The minimum atomic E-state index is -0.571. The van der Waals surface area contributed by atoms with Gasteiger partial charge in [-0.3, -0.25) is 4.79 Å². The number of benzene rings is 1. The molecule has 1 N–H and O–H groups in total. The summed E-state index contributed by atoms with van der Waals surface area (Å²) in [5.74, 6) is 0.389. The van der Waals surface area contributed by atoms with Crippen LogP contribution < -0.4 is 5.32 Å². The summed E-state index contributed by atoms with van der Waals surface area (Å²) in [5.41, 5.74) is 1.26. The van der Waals surface area contributed by atoms with Crippen LogP contribution in [0, 0.1) is 11.3 Å². The normalized spacial score (nSPS) is 11.3. The summed E-state index contributed by atoms with van der Waals surface area (Å²) in [6, 6.07) is 14.4. The van der Waals surface area contributed by atoms with Gasteiger partial charge in [-0.1, -0.05) is 30.3 Å². The van der Waals surface area contributed by atoms with Crippen molar-refractivity contribution in [2.45, 2.75) is 19.9 Å². The van der Waals surface area contributed by atoms with E-state index >= 15 is 0 Å². The fourth-order valence-corrected chi connectivity index (χ4v) is 2.40. The lowest BCUT2D eigenvalue weighted by atomic mass is 10.0. The Morgan fingerprint density at radius 1 is 1.22 bits per heavy atom. The number of aromatic nitrogens is 1. The standard InChI is InChI=1S/C18H20N4O/c1-3-22(4-2)18(23)16(14-9-6-5-7-10-14)21-17-15(13-19)11-8-12-20-17/h5-12,16H,3-4H2,1-2H3,(H,20,21). The maximum Gasteiger partial charge on any atom is 0.249 e. The van der Waals surface area contributed by atoms with Crippen LogP contribution in [0.1, 0.15) is 31.0 Å². The molecule has 1 unspecified atom stereocenters. The molecule has 0 aliphatic heterocycles. The third-order valence-electron chi connectivity index (χ3n) is 3.66. The molecule has 2 rings (SSSR count). The summed E-state index contributed by atoms with van der Waals surface area (Å²) >= 11 is 0. The zero-order chi connectivity index (χ0) is 16.7. The molecule has 0 spiro atoms. The molecule has 1 aromatic carbocycles. The van der Waals surface area contributed by atoms with Gasteiger partial charge in [0, 0.05) is 19.3 Å². The van der Waals surface area contributed by atoms with Crippen molar-refractivity contribution >= 4 is 11.7 Å². The number of anilines is 1. The molecule has 1 amide bonds. The maximum absolute atomic E-state index is 12.9. The number of hydrogen-bond donors (Lipinski definition) is 1. The molecule has 0 bridgehead atoms. The summed E-state index contributed by atoms with van der Waals surface area (Å²) in [4.78, 5) is 18.8. The Morgan fingerprint density at radius 2 is 1.91 bits per heavy atom. The number of likely N-dealkylation sites (N-methyl/N-ethyl adjacent to an activating group) is 1. The Hall–Kier alpha value is -2.87. The quantitative estimate of drug-likeness (QED) is 0.890. The van der Waals surface area contributed by atoms with Crippen LogP contribution in [0.5, 0.6) is 0 Å². The predicted octanol–water partition coefficient (Wildman–Crippen LogP) is 2.97. The van der Waals surface area contributed by atoms with E-state index in [0.29, 0.717) is 24.5 Å². The molecule has 0 aliphatic carbocycles. The highest BCUT2D eigenvalue weighted by Gasteiger charge is 2.25. The van der Waals surface area contributed by atoms with Crippen molar-refractivity contribution in [1.29, 1.82) is 5.26 Å². The molecular formula is C18H20N4O. The average molecular weight is 308 g/mol. The molecule has 118 valence electrons. The Kier molecular flexibility index (Phi) is 5.70. The number of nitriles is 1. The van der Waals surface area contributed by atoms with Crippen LogP contribution in [0.2, 0.25) is 0 Å². The second-order valence-corrected chi connectivity index (χ2v) is 5.01. The fourth-order valence-electron chi connectivity index (χ4n) is 2.40. The summed E-state index contributed by atoms with van der Waals surface area (Å²) in [6.07, 6.45) is 1.60. The Bertz CT molecular complexity index is 690. The number of nitrogens with zero attached hydrogens (tertiary/aromatic N) is 3. The van der Waals surface area contributed by atoms with Crippen LogP contribution in [0.4, 0.5) is 5.82 Å². The van der Waals surface area contributed by atoms with Crippen molar-refractivity contribution in [2.75, 3.05) is 18.4 Å². The number of amides is 1. The molecule has 5 nitrogen and oxygen atoms in total. The van der Waals surface area contributed by atoms with Crippen LogP contribution in [0.3, 0.4) is 0 Å². The number of rotatable bonds is 6. The van der Waals surface area contributed by atoms with Gasteiger partial charge in [0.1, 0.15) is 17.9 Å². The largest absolute Gasteiger partial charge is 0.354 e. The van der Waals surface area contributed by atoms with E-state index in [1.165, 1.54) is 0 Å². The van der Waals surface area contributed by atoms with E-state index < -0.39 is 6.04 Å². The number of carbonyl (C=O) groups excluding carboxylic acids is 1. The molecule has 1 heterocycles. The first-order valence-corrected chi connectivity index (χ1v) is 7.66. The first-order chi connectivity index (χ1) is 11.2. The smallest absolute Gasteiger partial charge is 0.249 e. The molecule has 0 saturated carbocycles. The molecule has 0 radical (unpaired) electrons. The summed E-state index contributed by atoms with van der Waals surface area (Å²) in [7, 11) is 0. The van der Waals surface area contributed by atoms with Gasteiger partial charge in [0.2, 0.25) is 5.91 Å². The van der Waals surface area contributed by atoms with Gasteiger partial charge >= 0.3 is 0 Å². The van der Waals surface area contributed by atoms with Crippen LogP contribution >= 0.6 is 0 Å². The third-order valence-corrected chi connectivity index (χ3v) is 3.66. The van der Waals surface area contributed by atoms with E-state index in [9.17, 15) is 10.1 Å². The lowest BCUT2D eigenvalue weighted by molar-refractivity contribution is -0.131. The van der Waals surface area contributed by atoms with Crippen LogP contribution in [-0.4, -0.2) is 28.9 Å². The molecular weight excluding hydrogens is 288 g/mol. The van der Waals surface area contributed by atoms with Crippen molar-refractivity contribution < 1.29 is 4.79 Å². The Morgan fingerprint density at radius 3 is 2.52 bits per heavy atom. The molecule has 23 heavy (non-hydrogen) atoms. The lowest BCUT2D eigenvalue weighted by Crippen LogP contribution is -2.38. The molecule has 0 fully saturated rings. The van der Waals surface area contributed by atoms with Crippen molar-refractivity contribution in [3.8, 4) is 6.07 Å². The van der Waals surface area contributed by atoms with E-state index in [2.05, 4.69) is 16.4 Å². The van der Waals surface area contributed by atoms with Crippen molar-refractivity contribution in [3.63, 3.8) is 0 Å². The van der Waals surface area contributed by atoms with Gasteiger partial charge in [0.15, 0.2) is 0 Å². The van der Waals surface area contributed by atoms with Crippen molar-refractivity contribution in [3.05, 3.63) is 59.8 Å². The molecule has 0 aliphatic rings. The van der Waals surface area contributed by atoms with E-state index in [0.717, 1.165) is 5.56 Å². The Labute approximate surface area is 136 Å². The second kappa shape index (κ2) is 7.95. The highest BCUT2D eigenvalue weighted by Crippen LogP contribution is 2.22. The van der Waals surface area contributed by atoms with Gasteiger partial charge in [-0.2, -0.15) is 5.26 Å². The Balaban J connectivity index is 2.38. The zero-order valence-corrected chi connectivity index (χ0v) is 13.4. The van der Waals surface area contributed by atoms with Crippen molar-refractivity contribution in [1.82, 2.24) is 9.88 Å². The summed E-state index contributed by atoms with van der Waals surface area (Å²) in [6.45, 7) is 5.16. The number of nitrogens with one attached hydrogen (secondary N) is 1. The number of pyridine rings is 1. The topological polar surface area (TPSA) is 69.0 Å². The maximum atomic E-state index is 12.9. The minimum Gasteiger partial charge on any atom is -0.354 e. The summed E-state index contributed by atoms with van der Waals surface area (Å²) < 4.78 is 0. The molecule has 0 saturated heterocycles. The monoisotopic (exact) mass is 308 g/mol. The van der Waals surface area contributed by atoms with Gasteiger partial charge in [-0.15, -0.1) is 0 Å². The number of carbonyl (C=O) groups is 1. The predicted molar refractivity (Wildman–Crippen MR) is 89.7 cm³/mol. The zero-order valence-electron chi connectivity index (χ0n) is 13.4. The average Bonchev–Trinajstić information content (AvgIpc) is 2.61. The first kappa shape index (κ1) is 16.5. The minimum absolute atomic E-state index is 0.0317. The molecule has 1 aromatic heterocycles. The lowest BCUT2D eigenvalue weighted by Gasteiger charge is -2.26. The van der Waals surface area contributed by atoms with E-state index in [1.54, 1.807) is 23.2 Å². The molecule has 2 aromatic rings. The molecule has 1 atom stereocenters. The molecule has 5 heteroatoms. The van der Waals surface area contributed by atoms with Crippen LogP contribution in [-0.2, 0) is 4.79 Å². The third kappa shape index (κ3) is 3.86. The van der Waals surface area contributed by atoms with Gasteiger partial charge in [0.05, 0.1) is 5.56 Å². The van der Waals surface area contributed by atoms with Gasteiger partial charge in [0.25, 0.3) is 0 Å². The second-order valence-electron chi connectivity index (χ2n) is 5.01. The van der Waals surface area contributed by atoms with Crippen LogP contribution in [0.15, 0.2) is 48.7 Å². The van der Waals surface area contributed by atoms with Gasteiger partial charge in [-0.25, -0.2) is 4.98 Å². The van der Waals surface area contributed by atoms with E-state index in [-0.39, 0.29) is 5.91 Å².